The molecule has 2 heterocycles. The van der Waals surface area contributed by atoms with E-state index in [9.17, 15) is 13.2 Å². The summed E-state index contributed by atoms with van der Waals surface area (Å²) in [6, 6.07) is 5.97. The Kier molecular flexibility index (Phi) is 4.68. The van der Waals surface area contributed by atoms with Crippen LogP contribution in [0.15, 0.2) is 39.8 Å². The number of hydrogen-bond acceptors (Lipinski definition) is 5. The predicted octanol–water partition coefficient (Wildman–Crippen LogP) is 1.70. The van der Waals surface area contributed by atoms with E-state index < -0.39 is 10.0 Å². The molecule has 3 rings (SSSR count). The van der Waals surface area contributed by atoms with Crippen LogP contribution in [0.5, 0.6) is 0 Å². The molecule has 1 aromatic carbocycles. The lowest BCUT2D eigenvalue weighted by atomic mass is 10.2. The first-order valence-corrected chi connectivity index (χ1v) is 9.20. The Balaban J connectivity index is 1.66. The molecule has 1 amide bonds. The van der Waals surface area contributed by atoms with Gasteiger partial charge in [0.15, 0.2) is 0 Å². The molecule has 1 aromatic heterocycles. The first-order valence-electron chi connectivity index (χ1n) is 7.76. The van der Waals surface area contributed by atoms with E-state index in [1.54, 1.807) is 13.1 Å². The van der Waals surface area contributed by atoms with Crippen molar-refractivity contribution in [3.63, 3.8) is 0 Å². The maximum absolute atomic E-state index is 12.4. The minimum absolute atomic E-state index is 0.181. The van der Waals surface area contributed by atoms with Crippen LogP contribution in [0.3, 0.4) is 0 Å². The molecule has 1 fully saturated rings. The summed E-state index contributed by atoms with van der Waals surface area (Å²) in [5, 5.41) is 2.69. The third kappa shape index (κ3) is 3.49. The van der Waals surface area contributed by atoms with E-state index in [1.807, 2.05) is 0 Å². The topological polar surface area (TPSA) is 92.5 Å². The van der Waals surface area contributed by atoms with Crippen molar-refractivity contribution in [1.29, 1.82) is 0 Å². The predicted molar refractivity (Wildman–Crippen MR) is 86.8 cm³/mol. The van der Waals surface area contributed by atoms with Crippen LogP contribution in [-0.2, 0) is 16.6 Å². The van der Waals surface area contributed by atoms with Crippen molar-refractivity contribution < 1.29 is 17.6 Å². The van der Waals surface area contributed by atoms with E-state index in [2.05, 4.69) is 10.3 Å². The zero-order valence-electron chi connectivity index (χ0n) is 13.4. The van der Waals surface area contributed by atoms with E-state index in [1.165, 1.54) is 28.6 Å². The van der Waals surface area contributed by atoms with Crippen molar-refractivity contribution in [3.05, 3.63) is 47.7 Å². The third-order valence-corrected chi connectivity index (χ3v) is 5.80. The van der Waals surface area contributed by atoms with Gasteiger partial charge in [0.25, 0.3) is 5.91 Å². The van der Waals surface area contributed by atoms with Crippen LogP contribution in [0.1, 0.15) is 34.9 Å². The maximum atomic E-state index is 12.4. The Morgan fingerprint density at radius 1 is 1.25 bits per heavy atom. The number of carbonyl (C=O) groups excluding carboxylic acids is 1. The highest BCUT2D eigenvalue weighted by Gasteiger charge is 2.27. The number of nitrogens with zero attached hydrogens (tertiary/aromatic N) is 2. The van der Waals surface area contributed by atoms with Crippen molar-refractivity contribution in [2.45, 2.75) is 31.2 Å². The molecule has 128 valence electrons. The number of carbonyl (C=O) groups is 1. The number of aryl methyl sites for hydroxylation is 1. The van der Waals surface area contributed by atoms with Crippen LogP contribution in [0.25, 0.3) is 0 Å². The van der Waals surface area contributed by atoms with Gasteiger partial charge in [-0.15, -0.1) is 0 Å². The van der Waals surface area contributed by atoms with Gasteiger partial charge >= 0.3 is 0 Å². The molecule has 7 nitrogen and oxygen atoms in total. The zero-order valence-corrected chi connectivity index (χ0v) is 14.2. The van der Waals surface area contributed by atoms with Crippen LogP contribution >= 0.6 is 0 Å². The summed E-state index contributed by atoms with van der Waals surface area (Å²) in [6.45, 7) is 3.07. The Labute approximate surface area is 140 Å². The first-order chi connectivity index (χ1) is 11.5. The molecule has 8 heteroatoms. The number of aromatic nitrogens is 1. The fraction of sp³-hybridized carbons (Fsp3) is 0.375. The fourth-order valence-corrected chi connectivity index (χ4v) is 4.11. The highest BCUT2D eigenvalue weighted by Crippen LogP contribution is 2.21. The van der Waals surface area contributed by atoms with Crippen LogP contribution in [0.2, 0.25) is 0 Å². The highest BCUT2D eigenvalue weighted by atomic mass is 32.2. The first kappa shape index (κ1) is 16.7. The molecule has 0 atom stereocenters. The van der Waals surface area contributed by atoms with Gasteiger partial charge in [-0.25, -0.2) is 13.4 Å². The molecular weight excluding hydrogens is 330 g/mol. The number of rotatable bonds is 5. The molecule has 24 heavy (non-hydrogen) atoms. The van der Waals surface area contributed by atoms with Gasteiger partial charge in [0.1, 0.15) is 5.76 Å². The second-order valence-corrected chi connectivity index (χ2v) is 7.62. The number of hydrogen-bond donors (Lipinski definition) is 1. The summed E-state index contributed by atoms with van der Waals surface area (Å²) in [4.78, 5) is 16.3. The van der Waals surface area contributed by atoms with Crippen molar-refractivity contribution >= 4 is 15.9 Å². The quantitative estimate of drug-likeness (QED) is 0.887. The normalized spacial score (nSPS) is 15.5. The molecule has 2 aromatic rings. The number of sulfonamides is 1. The molecule has 1 saturated heterocycles. The average molecular weight is 349 g/mol. The summed E-state index contributed by atoms with van der Waals surface area (Å²) < 4.78 is 31.6. The summed E-state index contributed by atoms with van der Waals surface area (Å²) in [7, 11) is -3.46. The lowest BCUT2D eigenvalue weighted by molar-refractivity contribution is 0.0947. The zero-order chi connectivity index (χ0) is 17.2. The monoisotopic (exact) mass is 349 g/mol. The molecule has 0 saturated carbocycles. The molecule has 1 N–H and O–H groups in total. The second-order valence-electron chi connectivity index (χ2n) is 5.68. The Morgan fingerprint density at radius 2 is 1.92 bits per heavy atom. The van der Waals surface area contributed by atoms with Gasteiger partial charge in [-0.2, -0.15) is 4.31 Å². The minimum Gasteiger partial charge on any atom is -0.444 e. The third-order valence-electron chi connectivity index (χ3n) is 3.89. The SMILES string of the molecule is Cc1cnc(CNC(=O)c2ccc(S(=O)(=O)N3CCCC3)cc2)o1. The smallest absolute Gasteiger partial charge is 0.251 e. The van der Waals surface area contributed by atoms with E-state index in [-0.39, 0.29) is 17.3 Å². The summed E-state index contributed by atoms with van der Waals surface area (Å²) in [6.07, 6.45) is 3.36. The van der Waals surface area contributed by atoms with Gasteiger partial charge in [0.05, 0.1) is 17.6 Å². The number of nitrogens with one attached hydrogen (secondary N) is 1. The van der Waals surface area contributed by atoms with Crippen molar-refractivity contribution in [3.8, 4) is 0 Å². The van der Waals surface area contributed by atoms with Gasteiger partial charge in [0, 0.05) is 18.7 Å². The fourth-order valence-electron chi connectivity index (χ4n) is 2.60. The Hall–Kier alpha value is -2.19. The highest BCUT2D eigenvalue weighted by molar-refractivity contribution is 7.89. The lowest BCUT2D eigenvalue weighted by Crippen LogP contribution is -2.28. The van der Waals surface area contributed by atoms with Crippen molar-refractivity contribution in [1.82, 2.24) is 14.6 Å². The molecule has 1 aliphatic heterocycles. The van der Waals surface area contributed by atoms with Crippen LogP contribution in [0, 0.1) is 6.92 Å². The lowest BCUT2D eigenvalue weighted by Gasteiger charge is -2.15. The van der Waals surface area contributed by atoms with Gasteiger partial charge in [-0.3, -0.25) is 4.79 Å². The average Bonchev–Trinajstić information content (AvgIpc) is 3.24. The molecular formula is C16H19N3O4S. The molecule has 0 unspecified atom stereocenters. The second kappa shape index (κ2) is 6.74. The molecule has 0 aliphatic carbocycles. The summed E-state index contributed by atoms with van der Waals surface area (Å²) in [5.74, 6) is 0.792. The van der Waals surface area contributed by atoms with E-state index >= 15 is 0 Å². The number of amides is 1. The van der Waals surface area contributed by atoms with Gasteiger partial charge < -0.3 is 9.73 Å². The van der Waals surface area contributed by atoms with Crippen LogP contribution in [0.4, 0.5) is 0 Å². The summed E-state index contributed by atoms with van der Waals surface area (Å²) in [5.41, 5.74) is 0.388. The maximum Gasteiger partial charge on any atom is 0.251 e. The summed E-state index contributed by atoms with van der Waals surface area (Å²) >= 11 is 0. The van der Waals surface area contributed by atoms with Gasteiger partial charge in [-0.1, -0.05) is 0 Å². The van der Waals surface area contributed by atoms with E-state index in [4.69, 9.17) is 4.42 Å². The van der Waals surface area contributed by atoms with Gasteiger partial charge in [-0.05, 0) is 44.0 Å². The number of oxazole rings is 1. The van der Waals surface area contributed by atoms with Crippen molar-refractivity contribution in [2.24, 2.45) is 0 Å². The Morgan fingerprint density at radius 3 is 2.50 bits per heavy atom. The van der Waals surface area contributed by atoms with Crippen LogP contribution in [-0.4, -0.2) is 36.7 Å². The Bertz CT molecular complexity index is 821. The molecule has 0 bridgehead atoms. The molecule has 0 spiro atoms. The molecule has 0 radical (unpaired) electrons. The minimum atomic E-state index is -3.46. The van der Waals surface area contributed by atoms with Crippen molar-refractivity contribution in [2.75, 3.05) is 13.1 Å². The number of benzene rings is 1. The van der Waals surface area contributed by atoms with E-state index in [0.717, 1.165) is 12.8 Å². The van der Waals surface area contributed by atoms with Gasteiger partial charge in [0.2, 0.25) is 15.9 Å². The molecule has 1 aliphatic rings. The largest absolute Gasteiger partial charge is 0.444 e. The standard InChI is InChI=1S/C16H19N3O4S/c1-12-10-17-15(23-12)11-18-16(20)13-4-6-14(7-5-13)24(21,22)19-8-2-3-9-19/h4-7,10H,2-3,8-9,11H2,1H3,(H,18,20). The van der Waals surface area contributed by atoms with Crippen LogP contribution < -0.4 is 5.32 Å². The van der Waals surface area contributed by atoms with E-state index in [0.29, 0.717) is 30.3 Å².